The van der Waals surface area contributed by atoms with Crippen LogP contribution in [0, 0.1) is 10.1 Å². The van der Waals surface area contributed by atoms with E-state index in [4.69, 9.17) is 5.84 Å². The van der Waals surface area contributed by atoms with Gasteiger partial charge in [-0.15, -0.1) is 0 Å². The predicted molar refractivity (Wildman–Crippen MR) is 69.5 cm³/mol. The summed E-state index contributed by atoms with van der Waals surface area (Å²) in [5.41, 5.74) is 1.70. The molecule has 0 atom stereocenters. The van der Waals surface area contributed by atoms with Crippen LogP contribution in [0.3, 0.4) is 0 Å². The lowest BCUT2D eigenvalue weighted by molar-refractivity contribution is -0.383. The van der Waals surface area contributed by atoms with Crippen LogP contribution >= 0.6 is 0 Å². The maximum atomic E-state index is 11.1. The van der Waals surface area contributed by atoms with Crippen molar-refractivity contribution in [1.82, 2.24) is 9.97 Å². The molecule has 0 aromatic carbocycles. The van der Waals surface area contributed by atoms with Crippen LogP contribution in [0.15, 0.2) is 6.33 Å². The molecule has 0 spiro atoms. The number of hydrazine groups is 1. The van der Waals surface area contributed by atoms with Gasteiger partial charge in [0.1, 0.15) is 16.2 Å². The summed E-state index contributed by atoms with van der Waals surface area (Å²) in [6, 6.07) is 0. The summed E-state index contributed by atoms with van der Waals surface area (Å²) in [4.78, 5) is 19.1. The van der Waals surface area contributed by atoms with Crippen molar-refractivity contribution >= 4 is 27.2 Å². The molecule has 1 rings (SSSR count). The van der Waals surface area contributed by atoms with Crippen molar-refractivity contribution < 1.29 is 13.3 Å². The first-order chi connectivity index (χ1) is 8.76. The molecule has 0 saturated heterocycles. The van der Waals surface area contributed by atoms with Crippen LogP contribution in [-0.4, -0.2) is 48.9 Å². The fraction of sp³-hybridized carbons (Fsp3) is 0.500. The summed E-state index contributed by atoms with van der Waals surface area (Å²) in [6.45, 7) is 0.0701. The van der Waals surface area contributed by atoms with Gasteiger partial charge in [-0.1, -0.05) is 0 Å². The monoisotopic (exact) mass is 290 g/mol. The summed E-state index contributed by atoms with van der Waals surface area (Å²) in [5, 5.41) is 11.0. The Morgan fingerprint density at radius 3 is 2.63 bits per heavy atom. The zero-order chi connectivity index (χ0) is 14.6. The van der Waals surface area contributed by atoms with Gasteiger partial charge in [-0.05, 0) is 0 Å². The van der Waals surface area contributed by atoms with Crippen LogP contribution < -0.4 is 16.2 Å². The Morgan fingerprint density at radius 2 is 2.16 bits per heavy atom. The minimum atomic E-state index is -3.17. The Bertz CT molecular complexity index is 575. The molecular weight excluding hydrogens is 276 g/mol. The molecule has 0 aliphatic carbocycles. The van der Waals surface area contributed by atoms with Gasteiger partial charge in [0, 0.05) is 19.8 Å². The highest BCUT2D eigenvalue weighted by Crippen LogP contribution is 2.30. The van der Waals surface area contributed by atoms with Crippen molar-refractivity contribution in [1.29, 1.82) is 0 Å². The lowest BCUT2D eigenvalue weighted by Crippen LogP contribution is -2.27. The zero-order valence-electron chi connectivity index (χ0n) is 10.4. The molecule has 0 aliphatic heterocycles. The summed E-state index contributed by atoms with van der Waals surface area (Å²) in [6.07, 6.45) is 2.19. The van der Waals surface area contributed by atoms with E-state index in [1.165, 1.54) is 11.9 Å². The second-order valence-electron chi connectivity index (χ2n) is 3.85. The fourth-order valence-electron chi connectivity index (χ4n) is 1.33. The second-order valence-corrected chi connectivity index (χ2v) is 6.11. The van der Waals surface area contributed by atoms with Crippen LogP contribution in [0.1, 0.15) is 0 Å². The van der Waals surface area contributed by atoms with Crippen LogP contribution in [0.5, 0.6) is 0 Å². The third-order valence-corrected chi connectivity index (χ3v) is 3.21. The summed E-state index contributed by atoms with van der Waals surface area (Å²) in [7, 11) is -1.67. The highest BCUT2D eigenvalue weighted by atomic mass is 32.2. The number of hydrogen-bond acceptors (Lipinski definition) is 9. The van der Waals surface area contributed by atoms with E-state index in [9.17, 15) is 18.5 Å². The molecule has 11 heteroatoms. The Hall–Kier alpha value is -2.01. The largest absolute Gasteiger partial charge is 0.354 e. The topological polar surface area (TPSA) is 144 Å². The molecule has 0 amide bonds. The lowest BCUT2D eigenvalue weighted by atomic mass is 10.4. The van der Waals surface area contributed by atoms with E-state index in [0.29, 0.717) is 0 Å². The molecule has 1 aromatic heterocycles. The standard InChI is InChI=1S/C8H14N6O4S/c1-13(3-4-19(2,17)18)8-6(14(15)16)7(12-9)10-5-11-8/h5H,3-4,9H2,1-2H3,(H,10,11,12). The van der Waals surface area contributed by atoms with Gasteiger partial charge in [-0.2, -0.15) is 0 Å². The molecule has 0 aliphatic rings. The normalized spacial score (nSPS) is 11.1. The Kier molecular flexibility index (Phi) is 4.56. The SMILES string of the molecule is CN(CCS(C)(=O)=O)c1ncnc(NN)c1[N+](=O)[O-]. The minimum Gasteiger partial charge on any atom is -0.353 e. The molecular formula is C8H14N6O4S. The molecule has 3 N–H and O–H groups in total. The van der Waals surface area contributed by atoms with E-state index in [0.717, 1.165) is 12.6 Å². The summed E-state index contributed by atoms with van der Waals surface area (Å²) in [5.74, 6) is 4.86. The fourth-order valence-corrected chi connectivity index (χ4v) is 1.94. The molecule has 0 bridgehead atoms. The van der Waals surface area contributed by atoms with E-state index in [1.807, 2.05) is 0 Å². The molecule has 106 valence electrons. The maximum Gasteiger partial charge on any atom is 0.354 e. The van der Waals surface area contributed by atoms with Gasteiger partial charge in [0.05, 0.1) is 10.7 Å². The van der Waals surface area contributed by atoms with Crippen molar-refractivity contribution in [2.45, 2.75) is 0 Å². The summed E-state index contributed by atoms with van der Waals surface area (Å²) >= 11 is 0. The number of nitrogens with zero attached hydrogens (tertiary/aromatic N) is 4. The van der Waals surface area contributed by atoms with Crippen molar-refractivity contribution in [2.24, 2.45) is 5.84 Å². The molecule has 0 saturated carbocycles. The second kappa shape index (κ2) is 5.75. The Balaban J connectivity index is 3.09. The van der Waals surface area contributed by atoms with Crippen molar-refractivity contribution in [3.8, 4) is 0 Å². The Morgan fingerprint density at radius 1 is 1.53 bits per heavy atom. The van der Waals surface area contributed by atoms with E-state index >= 15 is 0 Å². The third-order valence-electron chi connectivity index (χ3n) is 2.28. The van der Waals surface area contributed by atoms with E-state index in [1.54, 1.807) is 0 Å². The number of nitrogens with one attached hydrogen (secondary N) is 1. The van der Waals surface area contributed by atoms with Gasteiger partial charge in [0.25, 0.3) is 0 Å². The first-order valence-electron chi connectivity index (χ1n) is 5.11. The van der Waals surface area contributed by atoms with Crippen molar-refractivity contribution in [2.75, 3.05) is 35.9 Å². The first kappa shape index (κ1) is 15.0. The van der Waals surface area contributed by atoms with Crippen LogP contribution in [0.4, 0.5) is 17.3 Å². The quantitative estimate of drug-likeness (QED) is 0.388. The predicted octanol–water partition coefficient (Wildman–Crippen LogP) is -0.849. The average molecular weight is 290 g/mol. The van der Waals surface area contributed by atoms with Gasteiger partial charge in [0.15, 0.2) is 0 Å². The number of anilines is 2. The molecule has 0 fully saturated rings. The highest BCUT2D eigenvalue weighted by molar-refractivity contribution is 7.90. The van der Waals surface area contributed by atoms with Gasteiger partial charge >= 0.3 is 5.69 Å². The number of aromatic nitrogens is 2. The Labute approximate surface area is 109 Å². The molecule has 1 aromatic rings. The average Bonchev–Trinajstić information content (AvgIpc) is 2.33. The zero-order valence-corrected chi connectivity index (χ0v) is 11.2. The molecule has 0 radical (unpaired) electrons. The van der Waals surface area contributed by atoms with Gasteiger partial charge in [0.2, 0.25) is 11.6 Å². The molecule has 10 nitrogen and oxygen atoms in total. The molecule has 0 unspecified atom stereocenters. The molecule has 19 heavy (non-hydrogen) atoms. The van der Waals surface area contributed by atoms with E-state index < -0.39 is 20.4 Å². The van der Waals surface area contributed by atoms with Gasteiger partial charge in [-0.3, -0.25) is 10.1 Å². The van der Waals surface area contributed by atoms with Crippen molar-refractivity contribution in [3.63, 3.8) is 0 Å². The van der Waals surface area contributed by atoms with Gasteiger partial charge < -0.3 is 10.3 Å². The number of sulfone groups is 1. The number of nitrogens with two attached hydrogens (primary N) is 1. The third kappa shape index (κ3) is 3.99. The maximum absolute atomic E-state index is 11.1. The number of nitro groups is 1. The van der Waals surface area contributed by atoms with Crippen molar-refractivity contribution in [3.05, 3.63) is 16.4 Å². The lowest BCUT2D eigenvalue weighted by Gasteiger charge is -2.17. The highest BCUT2D eigenvalue weighted by Gasteiger charge is 2.25. The van der Waals surface area contributed by atoms with Crippen LogP contribution in [0.2, 0.25) is 0 Å². The number of rotatable bonds is 6. The van der Waals surface area contributed by atoms with Crippen LogP contribution in [-0.2, 0) is 9.84 Å². The van der Waals surface area contributed by atoms with E-state index in [2.05, 4.69) is 15.4 Å². The summed E-state index contributed by atoms with van der Waals surface area (Å²) < 4.78 is 22.2. The molecule has 1 heterocycles. The number of nitrogen functional groups attached to an aromatic ring is 1. The smallest absolute Gasteiger partial charge is 0.353 e. The first-order valence-corrected chi connectivity index (χ1v) is 7.17. The minimum absolute atomic E-state index is 0.00315. The van der Waals surface area contributed by atoms with E-state index in [-0.39, 0.29) is 23.9 Å². The van der Waals surface area contributed by atoms with Gasteiger partial charge in [-0.25, -0.2) is 24.2 Å². The number of hydrogen-bond donors (Lipinski definition) is 2. The van der Waals surface area contributed by atoms with Crippen LogP contribution in [0.25, 0.3) is 0 Å².